The van der Waals surface area contributed by atoms with Gasteiger partial charge in [0.2, 0.25) is 0 Å². The molecule has 0 amide bonds. The Balaban J connectivity index is 1.63. The molecule has 29 heavy (non-hydrogen) atoms. The van der Waals surface area contributed by atoms with E-state index in [1.54, 1.807) is 6.08 Å². The first-order chi connectivity index (χ1) is 13.8. The van der Waals surface area contributed by atoms with Gasteiger partial charge in [0.15, 0.2) is 0 Å². The first kappa shape index (κ1) is 22.8. The maximum atomic E-state index is 13.2. The largest absolute Gasteiger partial charge is 0.508 e. The molecular weight excluding hydrogens is 380 g/mol. The molecule has 2 aromatic rings. The van der Waals surface area contributed by atoms with E-state index in [1.807, 2.05) is 0 Å². The molecule has 0 heterocycles. The summed E-state index contributed by atoms with van der Waals surface area (Å²) in [6, 6.07) is 7.49. The second-order valence-corrected chi connectivity index (χ2v) is 6.95. The lowest BCUT2D eigenvalue weighted by molar-refractivity contribution is 0.150. The van der Waals surface area contributed by atoms with Crippen LogP contribution in [0.15, 0.2) is 48.6 Å². The standard InChI is InChI=1S/C22H27F2NO4/c23-17-7-9-21(28)15(11-17)3-1-5-19(26)13-25-14-20(27)6-2-4-16-12-18(24)8-10-22(16)29/h1,5,7-12,19-20,25-29H,2-4,6,13-14H2/b5-1+/t19-,20-/m0/s1. The van der Waals surface area contributed by atoms with Crippen molar-refractivity contribution in [1.29, 1.82) is 0 Å². The molecule has 0 radical (unpaired) electrons. The van der Waals surface area contributed by atoms with Crippen LogP contribution in [-0.2, 0) is 12.8 Å². The summed E-state index contributed by atoms with van der Waals surface area (Å²) in [6.07, 6.45) is 3.55. The fourth-order valence-corrected chi connectivity index (χ4v) is 2.92. The Kier molecular flexibility index (Phi) is 9.05. The number of phenolic OH excluding ortho intramolecular Hbond substituents is 2. The van der Waals surface area contributed by atoms with Crippen molar-refractivity contribution in [1.82, 2.24) is 5.32 Å². The van der Waals surface area contributed by atoms with Gasteiger partial charge in [-0.3, -0.25) is 0 Å². The minimum Gasteiger partial charge on any atom is -0.508 e. The van der Waals surface area contributed by atoms with Crippen molar-refractivity contribution in [2.24, 2.45) is 0 Å². The molecule has 5 N–H and O–H groups in total. The van der Waals surface area contributed by atoms with Crippen molar-refractivity contribution in [2.75, 3.05) is 13.1 Å². The first-order valence-corrected chi connectivity index (χ1v) is 9.53. The van der Waals surface area contributed by atoms with Crippen LogP contribution in [0.3, 0.4) is 0 Å². The third-order valence-electron chi connectivity index (χ3n) is 4.50. The average molecular weight is 407 g/mol. The summed E-state index contributed by atoms with van der Waals surface area (Å²) in [5.74, 6) is -0.802. The number of hydrogen-bond donors (Lipinski definition) is 5. The van der Waals surface area contributed by atoms with Crippen molar-refractivity contribution in [2.45, 2.75) is 37.9 Å². The van der Waals surface area contributed by atoms with Crippen molar-refractivity contribution >= 4 is 0 Å². The van der Waals surface area contributed by atoms with Crippen molar-refractivity contribution in [3.63, 3.8) is 0 Å². The SMILES string of the molecule is Oc1ccc(F)cc1C/C=C/[C@H](O)CNC[C@@H](O)CCCc1cc(F)ccc1O. The van der Waals surface area contributed by atoms with Crippen LogP contribution >= 0.6 is 0 Å². The Labute approximate surface area is 169 Å². The second-order valence-electron chi connectivity index (χ2n) is 6.95. The molecule has 0 saturated heterocycles. The highest BCUT2D eigenvalue weighted by atomic mass is 19.1. The highest BCUT2D eigenvalue weighted by Gasteiger charge is 2.08. The molecule has 0 unspecified atom stereocenters. The predicted molar refractivity (Wildman–Crippen MR) is 107 cm³/mol. The number of aryl methyl sites for hydroxylation is 1. The van der Waals surface area contributed by atoms with Crippen LogP contribution in [0.2, 0.25) is 0 Å². The summed E-state index contributed by atoms with van der Waals surface area (Å²) in [5, 5.41) is 42.2. The van der Waals surface area contributed by atoms with E-state index in [0.29, 0.717) is 30.4 Å². The number of nitrogens with one attached hydrogen (secondary N) is 1. The molecule has 0 spiro atoms. The molecular formula is C22H27F2NO4. The molecule has 2 aromatic carbocycles. The number of aromatic hydroxyl groups is 2. The molecule has 0 fully saturated rings. The van der Waals surface area contributed by atoms with Crippen molar-refractivity contribution in [3.8, 4) is 11.5 Å². The zero-order valence-corrected chi connectivity index (χ0v) is 16.1. The molecule has 158 valence electrons. The highest BCUT2D eigenvalue weighted by Crippen LogP contribution is 2.20. The molecule has 0 bridgehead atoms. The van der Waals surface area contributed by atoms with E-state index in [9.17, 15) is 29.2 Å². The number of hydrogen-bond acceptors (Lipinski definition) is 5. The lowest BCUT2D eigenvalue weighted by Crippen LogP contribution is -2.32. The number of halogens is 2. The summed E-state index contributed by atoms with van der Waals surface area (Å²) in [5.41, 5.74) is 0.941. The maximum absolute atomic E-state index is 13.2. The summed E-state index contributed by atoms with van der Waals surface area (Å²) >= 11 is 0. The van der Waals surface area contributed by atoms with E-state index in [4.69, 9.17) is 0 Å². The summed E-state index contributed by atoms with van der Waals surface area (Å²) in [7, 11) is 0. The molecule has 0 aliphatic carbocycles. The van der Waals surface area contributed by atoms with E-state index in [0.717, 1.165) is 0 Å². The Morgan fingerprint density at radius 3 is 2.21 bits per heavy atom. The monoisotopic (exact) mass is 407 g/mol. The predicted octanol–water partition coefficient (Wildman–Crippen LogP) is 2.81. The van der Waals surface area contributed by atoms with Crippen LogP contribution in [-0.4, -0.2) is 45.7 Å². The van der Waals surface area contributed by atoms with Gasteiger partial charge >= 0.3 is 0 Å². The first-order valence-electron chi connectivity index (χ1n) is 9.53. The number of aliphatic hydroxyl groups is 2. The van der Waals surface area contributed by atoms with Crippen LogP contribution in [0.4, 0.5) is 8.78 Å². The molecule has 0 aromatic heterocycles. The van der Waals surface area contributed by atoms with Crippen LogP contribution in [0, 0.1) is 11.6 Å². The van der Waals surface area contributed by atoms with Crippen LogP contribution in [0.5, 0.6) is 11.5 Å². The average Bonchev–Trinajstić information content (AvgIpc) is 2.67. The normalized spacial score (nSPS) is 13.7. The van der Waals surface area contributed by atoms with E-state index in [2.05, 4.69) is 5.32 Å². The van der Waals surface area contributed by atoms with Crippen LogP contribution < -0.4 is 5.32 Å². The van der Waals surface area contributed by atoms with Crippen LogP contribution in [0.1, 0.15) is 24.0 Å². The van der Waals surface area contributed by atoms with E-state index >= 15 is 0 Å². The van der Waals surface area contributed by atoms with Gasteiger partial charge in [-0.1, -0.05) is 12.2 Å². The number of allylic oxidation sites excluding steroid dienone is 1. The number of rotatable bonds is 11. The van der Waals surface area contributed by atoms with Gasteiger partial charge in [-0.05, 0) is 67.6 Å². The van der Waals surface area contributed by atoms with Gasteiger partial charge in [0, 0.05) is 18.7 Å². The van der Waals surface area contributed by atoms with Crippen molar-refractivity contribution < 1.29 is 29.2 Å². The maximum Gasteiger partial charge on any atom is 0.123 e. The van der Waals surface area contributed by atoms with Gasteiger partial charge in [0.1, 0.15) is 23.1 Å². The van der Waals surface area contributed by atoms with E-state index < -0.39 is 23.8 Å². The molecule has 2 rings (SSSR count). The highest BCUT2D eigenvalue weighted by molar-refractivity contribution is 5.34. The fourth-order valence-electron chi connectivity index (χ4n) is 2.92. The smallest absolute Gasteiger partial charge is 0.123 e. The van der Waals surface area contributed by atoms with E-state index in [-0.39, 0.29) is 31.0 Å². The van der Waals surface area contributed by atoms with Gasteiger partial charge in [-0.15, -0.1) is 0 Å². The van der Waals surface area contributed by atoms with Gasteiger partial charge < -0.3 is 25.7 Å². The molecule has 0 aliphatic heterocycles. The zero-order valence-electron chi connectivity index (χ0n) is 16.1. The van der Waals surface area contributed by atoms with Crippen LogP contribution in [0.25, 0.3) is 0 Å². The summed E-state index contributed by atoms with van der Waals surface area (Å²) in [4.78, 5) is 0. The Hall–Kier alpha value is -2.48. The minimum absolute atomic E-state index is 0.00153. The zero-order chi connectivity index (χ0) is 21.2. The minimum atomic E-state index is -0.790. The summed E-state index contributed by atoms with van der Waals surface area (Å²) < 4.78 is 26.3. The fraction of sp³-hybridized carbons (Fsp3) is 0.364. The van der Waals surface area contributed by atoms with Gasteiger partial charge in [0.05, 0.1) is 12.2 Å². The topological polar surface area (TPSA) is 93.0 Å². The van der Waals surface area contributed by atoms with Gasteiger partial charge in [-0.25, -0.2) is 8.78 Å². The number of benzene rings is 2. The molecule has 7 heteroatoms. The quantitative estimate of drug-likeness (QED) is 0.370. The molecule has 0 saturated carbocycles. The number of phenols is 2. The summed E-state index contributed by atoms with van der Waals surface area (Å²) in [6.45, 7) is 0.512. The lowest BCUT2D eigenvalue weighted by Gasteiger charge is -2.13. The molecule has 2 atom stereocenters. The third kappa shape index (κ3) is 8.19. The van der Waals surface area contributed by atoms with Gasteiger partial charge in [-0.2, -0.15) is 0 Å². The lowest BCUT2D eigenvalue weighted by atomic mass is 10.0. The van der Waals surface area contributed by atoms with Crippen molar-refractivity contribution in [3.05, 3.63) is 71.3 Å². The van der Waals surface area contributed by atoms with E-state index in [1.165, 1.54) is 42.5 Å². The Morgan fingerprint density at radius 1 is 0.897 bits per heavy atom. The Morgan fingerprint density at radius 2 is 1.52 bits per heavy atom. The molecule has 0 aliphatic rings. The molecule has 5 nitrogen and oxygen atoms in total. The second kappa shape index (κ2) is 11.5. The Bertz CT molecular complexity index is 813. The third-order valence-corrected chi connectivity index (χ3v) is 4.50. The van der Waals surface area contributed by atoms with Gasteiger partial charge in [0.25, 0.3) is 0 Å². The number of aliphatic hydroxyl groups excluding tert-OH is 2.